The molecule has 1 aromatic rings. The van der Waals surface area contributed by atoms with Crippen molar-refractivity contribution >= 4 is 11.6 Å². The lowest BCUT2D eigenvalue weighted by molar-refractivity contribution is 0.0958. The van der Waals surface area contributed by atoms with Crippen molar-refractivity contribution in [2.24, 2.45) is 0 Å². The summed E-state index contributed by atoms with van der Waals surface area (Å²) in [7, 11) is 3.38. The largest absolute Gasteiger partial charge is 0.387 e. The van der Waals surface area contributed by atoms with E-state index in [1.807, 2.05) is 0 Å². The van der Waals surface area contributed by atoms with Crippen LogP contribution in [-0.4, -0.2) is 25.0 Å². The van der Waals surface area contributed by atoms with Gasteiger partial charge in [-0.3, -0.25) is 4.79 Å². The number of carbonyl (C=O) groups is 1. The molecule has 4 heteroatoms. The van der Waals surface area contributed by atoms with Crippen LogP contribution in [-0.2, 0) is 0 Å². The average Bonchev–Trinajstić information content (AvgIpc) is 2.17. The van der Waals surface area contributed by atoms with Gasteiger partial charge in [0.2, 0.25) is 0 Å². The number of carbonyl (C=O) groups excluding carboxylic acids is 1. The summed E-state index contributed by atoms with van der Waals surface area (Å²) in [6.07, 6.45) is 1.62. The van der Waals surface area contributed by atoms with Crippen molar-refractivity contribution < 1.29 is 4.79 Å². The molecule has 0 aliphatic heterocycles. The number of rotatable bonds is 2. The minimum Gasteiger partial charge on any atom is -0.387 e. The van der Waals surface area contributed by atoms with Crippen molar-refractivity contribution in [1.82, 2.24) is 10.3 Å². The van der Waals surface area contributed by atoms with E-state index < -0.39 is 0 Å². The summed E-state index contributed by atoms with van der Waals surface area (Å²) < 4.78 is 0. The molecule has 4 nitrogen and oxygen atoms in total. The molecule has 12 heavy (non-hydrogen) atoms. The van der Waals surface area contributed by atoms with Gasteiger partial charge in [0, 0.05) is 14.1 Å². The first kappa shape index (κ1) is 8.52. The molecular weight excluding hydrogens is 154 g/mol. The van der Waals surface area contributed by atoms with Gasteiger partial charge < -0.3 is 10.6 Å². The van der Waals surface area contributed by atoms with Gasteiger partial charge in [-0.15, -0.1) is 0 Å². The second-order valence-electron chi connectivity index (χ2n) is 2.26. The molecule has 2 N–H and O–H groups in total. The fourth-order valence-electron chi connectivity index (χ4n) is 0.804. The highest BCUT2D eigenvalue weighted by Gasteiger charge is 2.02. The van der Waals surface area contributed by atoms with Gasteiger partial charge in [0.15, 0.2) is 0 Å². The summed E-state index contributed by atoms with van der Waals surface area (Å²) in [5, 5.41) is 5.41. The van der Waals surface area contributed by atoms with Gasteiger partial charge in [-0.25, -0.2) is 4.98 Å². The summed E-state index contributed by atoms with van der Waals surface area (Å²) in [6, 6.07) is 3.47. The normalized spacial score (nSPS) is 9.17. The van der Waals surface area contributed by atoms with E-state index in [1.165, 1.54) is 0 Å². The van der Waals surface area contributed by atoms with Crippen LogP contribution in [0.5, 0.6) is 0 Å². The summed E-state index contributed by atoms with van der Waals surface area (Å²) in [6.45, 7) is 0. The number of anilines is 1. The van der Waals surface area contributed by atoms with Crippen molar-refractivity contribution in [3.63, 3.8) is 0 Å². The zero-order valence-electron chi connectivity index (χ0n) is 7.09. The maximum absolute atomic E-state index is 11.0. The molecule has 0 bridgehead atoms. The van der Waals surface area contributed by atoms with Crippen LogP contribution in [0.15, 0.2) is 18.3 Å². The van der Waals surface area contributed by atoms with E-state index in [9.17, 15) is 4.79 Å². The van der Waals surface area contributed by atoms with E-state index in [1.54, 1.807) is 32.4 Å². The Labute approximate surface area is 71.0 Å². The maximum Gasteiger partial charge on any atom is 0.269 e. The van der Waals surface area contributed by atoms with Crippen LogP contribution in [0.3, 0.4) is 0 Å². The van der Waals surface area contributed by atoms with Gasteiger partial charge in [-0.1, -0.05) is 0 Å². The smallest absolute Gasteiger partial charge is 0.269 e. The van der Waals surface area contributed by atoms with Crippen LogP contribution in [0.1, 0.15) is 10.5 Å². The average molecular weight is 165 g/mol. The van der Waals surface area contributed by atoms with Gasteiger partial charge >= 0.3 is 0 Å². The van der Waals surface area contributed by atoms with Crippen LogP contribution in [0.25, 0.3) is 0 Å². The fourth-order valence-corrected chi connectivity index (χ4v) is 0.804. The zero-order valence-corrected chi connectivity index (χ0v) is 7.09. The van der Waals surface area contributed by atoms with E-state index in [0.29, 0.717) is 5.69 Å². The van der Waals surface area contributed by atoms with Crippen LogP contribution in [0.2, 0.25) is 0 Å². The van der Waals surface area contributed by atoms with E-state index in [0.717, 1.165) is 5.69 Å². The fraction of sp³-hybridized carbons (Fsp3) is 0.250. The van der Waals surface area contributed by atoms with Crippen molar-refractivity contribution in [3.8, 4) is 0 Å². The molecule has 1 rings (SSSR count). The molecule has 1 amide bonds. The number of amides is 1. The molecule has 0 radical (unpaired) electrons. The van der Waals surface area contributed by atoms with Crippen molar-refractivity contribution in [1.29, 1.82) is 0 Å². The van der Waals surface area contributed by atoms with Crippen LogP contribution < -0.4 is 10.6 Å². The summed E-state index contributed by atoms with van der Waals surface area (Å²) in [5.41, 5.74) is 1.32. The molecule has 64 valence electrons. The quantitative estimate of drug-likeness (QED) is 0.670. The summed E-state index contributed by atoms with van der Waals surface area (Å²) >= 11 is 0. The third-order valence-electron chi connectivity index (χ3n) is 1.51. The van der Waals surface area contributed by atoms with Gasteiger partial charge in [-0.2, -0.15) is 0 Å². The van der Waals surface area contributed by atoms with Gasteiger partial charge in [0.05, 0.1) is 11.9 Å². The third kappa shape index (κ3) is 1.72. The minimum absolute atomic E-state index is 0.169. The monoisotopic (exact) mass is 165 g/mol. The molecule has 1 aromatic heterocycles. The zero-order chi connectivity index (χ0) is 8.97. The molecule has 0 unspecified atom stereocenters. The first-order valence-corrected chi connectivity index (χ1v) is 3.64. The lowest BCUT2D eigenvalue weighted by Gasteiger charge is -2.00. The molecule has 0 atom stereocenters. The Morgan fingerprint density at radius 1 is 1.42 bits per heavy atom. The predicted molar refractivity (Wildman–Crippen MR) is 47.2 cm³/mol. The molecule has 0 aliphatic carbocycles. The first-order valence-electron chi connectivity index (χ1n) is 3.64. The van der Waals surface area contributed by atoms with E-state index in [-0.39, 0.29) is 5.91 Å². The molecule has 0 fully saturated rings. The van der Waals surface area contributed by atoms with E-state index in [2.05, 4.69) is 15.6 Å². The Kier molecular flexibility index (Phi) is 2.63. The topological polar surface area (TPSA) is 54.0 Å². The van der Waals surface area contributed by atoms with E-state index >= 15 is 0 Å². The van der Waals surface area contributed by atoms with Crippen LogP contribution >= 0.6 is 0 Å². The van der Waals surface area contributed by atoms with Crippen molar-refractivity contribution in [3.05, 3.63) is 24.0 Å². The molecule has 0 saturated carbocycles. The maximum atomic E-state index is 11.0. The highest BCUT2D eigenvalue weighted by Crippen LogP contribution is 2.03. The molecule has 1 heterocycles. The number of aromatic nitrogens is 1. The number of nitrogens with one attached hydrogen (secondary N) is 2. The van der Waals surface area contributed by atoms with Crippen molar-refractivity contribution in [2.75, 3.05) is 19.4 Å². The number of pyridine rings is 1. The van der Waals surface area contributed by atoms with Crippen LogP contribution in [0.4, 0.5) is 5.69 Å². The summed E-state index contributed by atoms with van der Waals surface area (Å²) in [5.74, 6) is -0.169. The Morgan fingerprint density at radius 2 is 2.17 bits per heavy atom. The van der Waals surface area contributed by atoms with E-state index in [4.69, 9.17) is 0 Å². The lowest BCUT2D eigenvalue weighted by Crippen LogP contribution is -2.18. The number of nitrogens with zero attached hydrogens (tertiary/aromatic N) is 1. The second kappa shape index (κ2) is 3.71. The first-order chi connectivity index (χ1) is 5.77. The Hall–Kier alpha value is -1.58. The Balaban J connectivity index is 2.84. The molecule has 0 aromatic carbocycles. The SMILES string of the molecule is CNC(=O)c1ccc(NC)cn1. The predicted octanol–water partition coefficient (Wildman–Crippen LogP) is 0.483. The third-order valence-corrected chi connectivity index (χ3v) is 1.51. The highest BCUT2D eigenvalue weighted by molar-refractivity contribution is 5.92. The summed E-state index contributed by atoms with van der Waals surface area (Å²) in [4.78, 5) is 15.0. The van der Waals surface area contributed by atoms with Gasteiger partial charge in [0.1, 0.15) is 5.69 Å². The standard InChI is InChI=1S/C8H11N3O/c1-9-6-3-4-7(11-5-6)8(12)10-2/h3-5,9H,1-2H3,(H,10,12). The Morgan fingerprint density at radius 3 is 2.58 bits per heavy atom. The second-order valence-corrected chi connectivity index (χ2v) is 2.26. The van der Waals surface area contributed by atoms with Crippen LogP contribution in [0, 0.1) is 0 Å². The minimum atomic E-state index is -0.169. The van der Waals surface area contributed by atoms with Gasteiger partial charge in [-0.05, 0) is 12.1 Å². The lowest BCUT2D eigenvalue weighted by atomic mass is 10.3. The number of hydrogen-bond donors (Lipinski definition) is 2. The highest BCUT2D eigenvalue weighted by atomic mass is 16.1. The Bertz CT molecular complexity index is 268. The van der Waals surface area contributed by atoms with Crippen molar-refractivity contribution in [2.45, 2.75) is 0 Å². The molecule has 0 saturated heterocycles. The number of hydrogen-bond acceptors (Lipinski definition) is 3. The molecule has 0 aliphatic rings. The van der Waals surface area contributed by atoms with Gasteiger partial charge in [0.25, 0.3) is 5.91 Å². The molecular formula is C8H11N3O. The molecule has 0 spiro atoms.